The quantitative estimate of drug-likeness (QED) is 0.784. The number of rotatable bonds is 7. The number of hydrogen-bond acceptors (Lipinski definition) is 2. The van der Waals surface area contributed by atoms with Gasteiger partial charge < -0.3 is 10.1 Å². The summed E-state index contributed by atoms with van der Waals surface area (Å²) in [7, 11) is 1.76. The van der Waals surface area contributed by atoms with Crippen LogP contribution in [0.1, 0.15) is 31.4 Å². The van der Waals surface area contributed by atoms with Crippen molar-refractivity contribution in [3.8, 4) is 0 Å². The van der Waals surface area contributed by atoms with Crippen molar-refractivity contribution >= 4 is 0 Å². The smallest absolute Gasteiger partial charge is 0.0467 e. The van der Waals surface area contributed by atoms with E-state index in [2.05, 4.69) is 50.4 Å². The zero-order valence-electron chi connectivity index (χ0n) is 11.5. The Morgan fingerprint density at radius 1 is 1.18 bits per heavy atom. The van der Waals surface area contributed by atoms with Crippen molar-refractivity contribution in [1.29, 1.82) is 0 Å². The van der Waals surface area contributed by atoms with Gasteiger partial charge >= 0.3 is 0 Å². The molecular formula is C15H25NO. The van der Waals surface area contributed by atoms with E-state index in [4.69, 9.17) is 4.74 Å². The van der Waals surface area contributed by atoms with Gasteiger partial charge in [0.1, 0.15) is 0 Å². The summed E-state index contributed by atoms with van der Waals surface area (Å²) in [5.74, 6) is 0. The molecule has 1 aromatic carbocycles. The lowest BCUT2D eigenvalue weighted by Gasteiger charge is -2.24. The maximum Gasteiger partial charge on any atom is 0.0467 e. The second kappa shape index (κ2) is 6.77. The molecule has 0 aliphatic carbocycles. The first kappa shape index (κ1) is 14.2. The van der Waals surface area contributed by atoms with Gasteiger partial charge in [-0.25, -0.2) is 0 Å². The second-order valence-corrected chi connectivity index (χ2v) is 5.50. The number of hydrogen-bond donors (Lipinski definition) is 1. The van der Waals surface area contributed by atoms with E-state index in [0.29, 0.717) is 5.41 Å². The van der Waals surface area contributed by atoms with E-state index in [1.165, 1.54) is 11.1 Å². The third-order valence-corrected chi connectivity index (χ3v) is 3.04. The van der Waals surface area contributed by atoms with Gasteiger partial charge in [0.05, 0.1) is 0 Å². The molecule has 1 N–H and O–H groups in total. The van der Waals surface area contributed by atoms with Crippen molar-refractivity contribution < 1.29 is 4.74 Å². The van der Waals surface area contributed by atoms with E-state index >= 15 is 0 Å². The second-order valence-electron chi connectivity index (χ2n) is 5.50. The number of methoxy groups -OCH3 is 1. The van der Waals surface area contributed by atoms with Crippen LogP contribution in [0.15, 0.2) is 24.3 Å². The minimum Gasteiger partial charge on any atom is -0.385 e. The highest BCUT2D eigenvalue weighted by Gasteiger charge is 2.16. The Bertz CT molecular complexity index is 316. The van der Waals surface area contributed by atoms with E-state index in [9.17, 15) is 0 Å². The molecule has 2 heteroatoms. The van der Waals surface area contributed by atoms with Crippen LogP contribution in [0.5, 0.6) is 0 Å². The number of nitrogens with one attached hydrogen (secondary N) is 1. The standard InChI is InChI=1S/C15H25NO/c1-13-5-7-14(8-6-13)11-16-12-15(2,3)9-10-17-4/h5-8,16H,9-12H2,1-4H3. The first-order chi connectivity index (χ1) is 8.03. The van der Waals surface area contributed by atoms with Crippen LogP contribution in [-0.2, 0) is 11.3 Å². The SMILES string of the molecule is COCCC(C)(C)CNCc1ccc(C)cc1. The van der Waals surface area contributed by atoms with E-state index < -0.39 is 0 Å². The molecule has 0 saturated carbocycles. The summed E-state index contributed by atoms with van der Waals surface area (Å²) in [5.41, 5.74) is 2.95. The Labute approximate surface area is 105 Å². The summed E-state index contributed by atoms with van der Waals surface area (Å²) < 4.78 is 5.13. The van der Waals surface area contributed by atoms with Crippen molar-refractivity contribution in [2.75, 3.05) is 20.3 Å². The molecule has 0 amide bonds. The number of benzene rings is 1. The molecule has 0 spiro atoms. The molecule has 1 aromatic rings. The minimum absolute atomic E-state index is 0.292. The molecule has 0 aliphatic rings. The van der Waals surface area contributed by atoms with Crippen LogP contribution in [0.4, 0.5) is 0 Å². The van der Waals surface area contributed by atoms with Crippen LogP contribution in [0.2, 0.25) is 0 Å². The lowest BCUT2D eigenvalue weighted by atomic mass is 9.89. The normalized spacial score (nSPS) is 11.8. The molecular weight excluding hydrogens is 210 g/mol. The fraction of sp³-hybridized carbons (Fsp3) is 0.600. The molecule has 1 rings (SSSR count). The van der Waals surface area contributed by atoms with Crippen molar-refractivity contribution in [3.05, 3.63) is 35.4 Å². The van der Waals surface area contributed by atoms with Crippen LogP contribution in [0.3, 0.4) is 0 Å². The molecule has 96 valence electrons. The molecule has 0 unspecified atom stereocenters. The predicted molar refractivity (Wildman–Crippen MR) is 73.2 cm³/mol. The van der Waals surface area contributed by atoms with Gasteiger partial charge in [-0.3, -0.25) is 0 Å². The zero-order valence-corrected chi connectivity index (χ0v) is 11.5. The van der Waals surface area contributed by atoms with E-state index in [-0.39, 0.29) is 0 Å². The van der Waals surface area contributed by atoms with Gasteiger partial charge in [0.2, 0.25) is 0 Å². The fourth-order valence-electron chi connectivity index (χ4n) is 1.72. The van der Waals surface area contributed by atoms with Crippen LogP contribution in [0, 0.1) is 12.3 Å². The third kappa shape index (κ3) is 5.85. The van der Waals surface area contributed by atoms with Gasteiger partial charge in [-0.1, -0.05) is 43.7 Å². The maximum atomic E-state index is 5.13. The fourth-order valence-corrected chi connectivity index (χ4v) is 1.72. The number of aryl methyl sites for hydroxylation is 1. The number of ether oxygens (including phenoxy) is 1. The van der Waals surface area contributed by atoms with Gasteiger partial charge in [-0.05, 0) is 24.3 Å². The molecule has 2 nitrogen and oxygen atoms in total. The summed E-state index contributed by atoms with van der Waals surface area (Å²) in [6.45, 7) is 9.45. The molecule has 0 radical (unpaired) electrons. The van der Waals surface area contributed by atoms with Crippen LogP contribution < -0.4 is 5.32 Å². The Hall–Kier alpha value is -0.860. The molecule has 0 heterocycles. The molecule has 0 aliphatic heterocycles. The highest BCUT2D eigenvalue weighted by Crippen LogP contribution is 2.18. The van der Waals surface area contributed by atoms with E-state index in [1.54, 1.807) is 7.11 Å². The summed E-state index contributed by atoms with van der Waals surface area (Å²) >= 11 is 0. The van der Waals surface area contributed by atoms with Gasteiger partial charge in [0.25, 0.3) is 0 Å². The highest BCUT2D eigenvalue weighted by molar-refractivity contribution is 5.21. The predicted octanol–water partition coefficient (Wildman–Crippen LogP) is 3.15. The molecule has 0 bridgehead atoms. The van der Waals surface area contributed by atoms with Crippen molar-refractivity contribution in [3.63, 3.8) is 0 Å². The van der Waals surface area contributed by atoms with Crippen molar-refractivity contribution in [2.45, 2.75) is 33.7 Å². The topological polar surface area (TPSA) is 21.3 Å². The molecule has 17 heavy (non-hydrogen) atoms. The van der Waals surface area contributed by atoms with E-state index in [0.717, 1.165) is 26.1 Å². The molecule has 0 saturated heterocycles. The summed E-state index contributed by atoms with van der Waals surface area (Å²) in [4.78, 5) is 0. The third-order valence-electron chi connectivity index (χ3n) is 3.04. The molecule has 0 atom stereocenters. The van der Waals surface area contributed by atoms with Crippen LogP contribution in [-0.4, -0.2) is 20.3 Å². The van der Waals surface area contributed by atoms with Crippen molar-refractivity contribution in [1.82, 2.24) is 5.32 Å². The summed E-state index contributed by atoms with van der Waals surface area (Å²) in [6.07, 6.45) is 1.09. The van der Waals surface area contributed by atoms with Crippen LogP contribution >= 0.6 is 0 Å². The average molecular weight is 235 g/mol. The Morgan fingerprint density at radius 3 is 2.41 bits per heavy atom. The van der Waals surface area contributed by atoms with Gasteiger partial charge in [-0.15, -0.1) is 0 Å². The zero-order chi connectivity index (χ0) is 12.7. The van der Waals surface area contributed by atoms with E-state index in [1.807, 2.05) is 0 Å². The Morgan fingerprint density at radius 2 is 1.82 bits per heavy atom. The Kier molecular flexibility index (Phi) is 5.66. The lowest BCUT2D eigenvalue weighted by molar-refractivity contribution is 0.150. The minimum atomic E-state index is 0.292. The van der Waals surface area contributed by atoms with Crippen LogP contribution in [0.25, 0.3) is 0 Å². The highest BCUT2D eigenvalue weighted by atomic mass is 16.5. The summed E-state index contributed by atoms with van der Waals surface area (Å²) in [6, 6.07) is 8.69. The van der Waals surface area contributed by atoms with Gasteiger partial charge in [-0.2, -0.15) is 0 Å². The molecule has 0 fully saturated rings. The molecule has 0 aromatic heterocycles. The van der Waals surface area contributed by atoms with Crippen molar-refractivity contribution in [2.24, 2.45) is 5.41 Å². The summed E-state index contributed by atoms with van der Waals surface area (Å²) in [5, 5.41) is 3.51. The maximum absolute atomic E-state index is 5.13. The first-order valence-electron chi connectivity index (χ1n) is 6.29. The monoisotopic (exact) mass is 235 g/mol. The van der Waals surface area contributed by atoms with Gasteiger partial charge in [0.15, 0.2) is 0 Å². The first-order valence-corrected chi connectivity index (χ1v) is 6.29. The average Bonchev–Trinajstić information content (AvgIpc) is 2.29. The largest absolute Gasteiger partial charge is 0.385 e. The lowest BCUT2D eigenvalue weighted by Crippen LogP contribution is -2.30. The van der Waals surface area contributed by atoms with Gasteiger partial charge in [0, 0.05) is 26.8 Å². The Balaban J connectivity index is 2.29.